The molecule has 3 N–H and O–H groups in total. The van der Waals surface area contributed by atoms with Crippen molar-refractivity contribution in [1.82, 2.24) is 10.8 Å². The lowest BCUT2D eigenvalue weighted by Crippen LogP contribution is -2.56. The summed E-state index contributed by atoms with van der Waals surface area (Å²) in [6.07, 6.45) is -0.463. The molecule has 8 heteroatoms. The average molecular weight is 485 g/mol. The first-order valence-electron chi connectivity index (χ1n) is 12.0. The Labute approximate surface area is 206 Å². The topological polar surface area (TPSA) is 114 Å². The normalized spacial score (nSPS) is 21.9. The van der Waals surface area contributed by atoms with E-state index in [-0.39, 0.29) is 25.0 Å². The molecule has 0 aliphatic carbocycles. The van der Waals surface area contributed by atoms with Gasteiger partial charge in [0.25, 0.3) is 5.91 Å². The van der Waals surface area contributed by atoms with Crippen molar-refractivity contribution in [3.05, 3.63) is 48.0 Å². The fraction of sp³-hybridized carbons (Fsp3) is 0.519. The first kappa shape index (κ1) is 26.6. The van der Waals surface area contributed by atoms with Crippen molar-refractivity contribution in [2.75, 3.05) is 13.2 Å². The average Bonchev–Trinajstić information content (AvgIpc) is 3.13. The molecule has 0 saturated carbocycles. The van der Waals surface area contributed by atoms with Crippen LogP contribution in [0.4, 0.5) is 0 Å². The molecule has 1 aliphatic heterocycles. The number of hydroxylamine groups is 1. The van der Waals surface area contributed by atoms with Crippen LogP contribution in [0.2, 0.25) is 0 Å². The number of benzene rings is 2. The van der Waals surface area contributed by atoms with E-state index in [2.05, 4.69) is 5.32 Å². The third-order valence-electron chi connectivity index (χ3n) is 7.28. The summed E-state index contributed by atoms with van der Waals surface area (Å²) in [5.74, 6) is -2.83. The van der Waals surface area contributed by atoms with E-state index in [1.54, 1.807) is 5.48 Å². The Hall–Kier alpha value is -2.97. The van der Waals surface area contributed by atoms with Crippen LogP contribution in [0.15, 0.2) is 42.5 Å². The SMILES string of the molecule is CCCOC(C(=O)NO)C(Cc1cccc2ccccc12)C(=O)N[C@@H]1C(=O)OCC1(C)C(C)(C)C. The molecule has 35 heavy (non-hydrogen) atoms. The zero-order chi connectivity index (χ0) is 25.8. The second kappa shape index (κ2) is 10.7. The van der Waals surface area contributed by atoms with Crippen LogP contribution < -0.4 is 10.8 Å². The zero-order valence-corrected chi connectivity index (χ0v) is 21.1. The second-order valence-electron chi connectivity index (χ2n) is 10.4. The van der Waals surface area contributed by atoms with Crippen LogP contribution in [-0.4, -0.2) is 48.4 Å². The number of carbonyl (C=O) groups excluding carboxylic acids is 3. The lowest BCUT2D eigenvalue weighted by Gasteiger charge is -2.40. The van der Waals surface area contributed by atoms with Gasteiger partial charge in [-0.3, -0.25) is 14.8 Å². The van der Waals surface area contributed by atoms with Crippen LogP contribution >= 0.6 is 0 Å². The number of hydrogen-bond acceptors (Lipinski definition) is 6. The van der Waals surface area contributed by atoms with Gasteiger partial charge in [0.15, 0.2) is 0 Å². The van der Waals surface area contributed by atoms with Gasteiger partial charge in [0.1, 0.15) is 12.1 Å². The molecular weight excluding hydrogens is 448 g/mol. The van der Waals surface area contributed by atoms with Crippen molar-refractivity contribution >= 4 is 28.6 Å². The smallest absolute Gasteiger partial charge is 0.329 e. The Balaban J connectivity index is 2.00. The molecule has 2 aromatic rings. The summed E-state index contributed by atoms with van der Waals surface area (Å²) in [6, 6.07) is 12.7. The van der Waals surface area contributed by atoms with E-state index in [1.807, 2.05) is 77.1 Å². The molecule has 1 heterocycles. The molecule has 1 fully saturated rings. The van der Waals surface area contributed by atoms with Crippen molar-refractivity contribution < 1.29 is 29.1 Å². The first-order chi connectivity index (χ1) is 16.5. The second-order valence-corrected chi connectivity index (χ2v) is 10.4. The highest BCUT2D eigenvalue weighted by Gasteiger charge is 2.55. The molecule has 190 valence electrons. The Morgan fingerprint density at radius 2 is 1.86 bits per heavy atom. The highest BCUT2D eigenvalue weighted by atomic mass is 16.5. The predicted molar refractivity (Wildman–Crippen MR) is 132 cm³/mol. The number of carbonyl (C=O) groups is 3. The predicted octanol–water partition coefficient (Wildman–Crippen LogP) is 3.39. The number of ether oxygens (including phenoxy) is 2. The van der Waals surface area contributed by atoms with E-state index in [4.69, 9.17) is 9.47 Å². The maximum Gasteiger partial charge on any atom is 0.329 e. The van der Waals surface area contributed by atoms with E-state index < -0.39 is 41.3 Å². The van der Waals surface area contributed by atoms with Crippen molar-refractivity contribution in [2.45, 2.75) is 59.6 Å². The standard InChI is InChI=1S/C27H36N2O6/c1-6-14-34-21(24(31)29-33)20(15-18-12-9-11-17-10-7-8-13-19(17)18)23(30)28-22-25(32)35-16-27(22,5)26(2,3)4/h7-13,20-22,33H,6,14-16H2,1-5H3,(H,28,30)(H,29,31)/t20?,21?,22-,27?/m1/s1. The van der Waals surface area contributed by atoms with Crippen molar-refractivity contribution in [2.24, 2.45) is 16.7 Å². The highest BCUT2D eigenvalue weighted by Crippen LogP contribution is 2.45. The van der Waals surface area contributed by atoms with E-state index in [9.17, 15) is 19.6 Å². The molecule has 4 atom stereocenters. The van der Waals surface area contributed by atoms with Gasteiger partial charge in [0.05, 0.1) is 12.5 Å². The minimum Gasteiger partial charge on any atom is -0.463 e. The molecule has 3 unspecified atom stereocenters. The molecule has 0 aromatic heterocycles. The molecule has 2 amide bonds. The number of amides is 2. The third-order valence-corrected chi connectivity index (χ3v) is 7.28. The monoisotopic (exact) mass is 484 g/mol. The van der Waals surface area contributed by atoms with Crippen LogP contribution in [0.5, 0.6) is 0 Å². The quantitative estimate of drug-likeness (QED) is 0.286. The number of rotatable bonds is 9. The van der Waals surface area contributed by atoms with E-state index >= 15 is 0 Å². The van der Waals surface area contributed by atoms with Crippen LogP contribution in [0.25, 0.3) is 10.8 Å². The van der Waals surface area contributed by atoms with Gasteiger partial charge < -0.3 is 14.8 Å². The molecule has 1 saturated heterocycles. The summed E-state index contributed by atoms with van der Waals surface area (Å²) < 4.78 is 11.1. The molecule has 3 rings (SSSR count). The van der Waals surface area contributed by atoms with Crippen LogP contribution in [0.1, 0.15) is 46.6 Å². The molecule has 0 bridgehead atoms. The fourth-order valence-corrected chi connectivity index (χ4v) is 4.49. The zero-order valence-electron chi connectivity index (χ0n) is 21.1. The number of esters is 1. The lowest BCUT2D eigenvalue weighted by molar-refractivity contribution is -0.152. The van der Waals surface area contributed by atoms with Crippen LogP contribution in [-0.2, 0) is 30.3 Å². The summed E-state index contributed by atoms with van der Waals surface area (Å²) in [6.45, 7) is 10.2. The lowest BCUT2D eigenvalue weighted by atomic mass is 9.65. The minimum absolute atomic E-state index is 0.170. The summed E-state index contributed by atoms with van der Waals surface area (Å²) in [4.78, 5) is 39.1. The van der Waals surface area contributed by atoms with Gasteiger partial charge in [-0.15, -0.1) is 0 Å². The van der Waals surface area contributed by atoms with E-state index in [0.29, 0.717) is 6.42 Å². The summed E-state index contributed by atoms with van der Waals surface area (Å²) in [5.41, 5.74) is 1.50. The highest BCUT2D eigenvalue weighted by molar-refractivity contribution is 5.93. The Morgan fingerprint density at radius 3 is 2.51 bits per heavy atom. The number of cyclic esters (lactones) is 1. The molecule has 8 nitrogen and oxygen atoms in total. The van der Waals surface area contributed by atoms with Gasteiger partial charge in [-0.25, -0.2) is 10.3 Å². The largest absolute Gasteiger partial charge is 0.463 e. The summed E-state index contributed by atoms with van der Waals surface area (Å²) in [7, 11) is 0. The maximum atomic E-state index is 13.8. The summed E-state index contributed by atoms with van der Waals surface area (Å²) in [5, 5.41) is 14.2. The van der Waals surface area contributed by atoms with Crippen molar-refractivity contribution in [3.63, 3.8) is 0 Å². The van der Waals surface area contributed by atoms with Gasteiger partial charge in [0.2, 0.25) is 5.91 Å². The molecule has 1 aliphatic rings. The fourth-order valence-electron chi connectivity index (χ4n) is 4.49. The molecule has 2 aromatic carbocycles. The molecule has 0 spiro atoms. The molecular formula is C27H36N2O6. The Kier molecular flexibility index (Phi) is 8.18. The number of hydrogen-bond donors (Lipinski definition) is 3. The van der Waals surface area contributed by atoms with Gasteiger partial charge in [-0.1, -0.05) is 77.1 Å². The van der Waals surface area contributed by atoms with Gasteiger partial charge >= 0.3 is 5.97 Å². The van der Waals surface area contributed by atoms with Gasteiger partial charge in [-0.2, -0.15) is 0 Å². The Bertz CT molecular complexity index is 1070. The van der Waals surface area contributed by atoms with Gasteiger partial charge in [-0.05, 0) is 34.6 Å². The van der Waals surface area contributed by atoms with Crippen molar-refractivity contribution in [1.29, 1.82) is 0 Å². The number of nitrogens with one attached hydrogen (secondary N) is 2. The van der Waals surface area contributed by atoms with Crippen molar-refractivity contribution in [3.8, 4) is 0 Å². The minimum atomic E-state index is -1.25. The van der Waals surface area contributed by atoms with Gasteiger partial charge in [0, 0.05) is 12.0 Å². The van der Waals surface area contributed by atoms with E-state index in [0.717, 1.165) is 16.3 Å². The van der Waals surface area contributed by atoms with Crippen LogP contribution in [0.3, 0.4) is 0 Å². The van der Waals surface area contributed by atoms with E-state index in [1.165, 1.54) is 0 Å². The third kappa shape index (κ3) is 5.49. The Morgan fingerprint density at radius 1 is 1.17 bits per heavy atom. The first-order valence-corrected chi connectivity index (χ1v) is 12.0. The number of fused-ring (bicyclic) bond motifs is 1. The summed E-state index contributed by atoms with van der Waals surface area (Å²) >= 11 is 0. The van der Waals surface area contributed by atoms with Crippen LogP contribution in [0, 0.1) is 16.7 Å². The molecule has 0 radical (unpaired) electrons. The maximum absolute atomic E-state index is 13.8.